The molecule has 2 aromatic rings. The summed E-state index contributed by atoms with van der Waals surface area (Å²) < 4.78 is 2.11. The SMILES string of the molecule is Cn1cc(CCC(=O)N2CCC[C@@H]2CO)c2ccccc21. The fourth-order valence-corrected chi connectivity index (χ4v) is 3.36. The van der Waals surface area contributed by atoms with Crippen molar-refractivity contribution < 1.29 is 9.90 Å². The molecule has 2 heterocycles. The van der Waals surface area contributed by atoms with Gasteiger partial charge in [0.25, 0.3) is 0 Å². The number of aliphatic hydroxyl groups is 1. The molecule has 1 aliphatic rings. The highest BCUT2D eigenvalue weighted by Crippen LogP contribution is 2.23. The molecule has 1 aliphatic heterocycles. The van der Waals surface area contributed by atoms with Crippen molar-refractivity contribution in [2.45, 2.75) is 31.7 Å². The lowest BCUT2D eigenvalue weighted by molar-refractivity contribution is -0.132. The van der Waals surface area contributed by atoms with E-state index in [0.29, 0.717) is 6.42 Å². The average Bonchev–Trinajstić information content (AvgIpc) is 3.10. The number of amides is 1. The summed E-state index contributed by atoms with van der Waals surface area (Å²) in [6, 6.07) is 8.32. The number of aryl methyl sites for hydroxylation is 2. The maximum atomic E-state index is 12.3. The lowest BCUT2D eigenvalue weighted by Crippen LogP contribution is -2.37. The summed E-state index contributed by atoms with van der Waals surface area (Å²) in [5.74, 6) is 0.166. The van der Waals surface area contributed by atoms with Crippen LogP contribution in [-0.4, -0.2) is 39.7 Å². The van der Waals surface area contributed by atoms with Crippen molar-refractivity contribution in [1.29, 1.82) is 0 Å². The van der Waals surface area contributed by atoms with Gasteiger partial charge in [0.2, 0.25) is 5.91 Å². The molecule has 3 rings (SSSR count). The summed E-state index contributed by atoms with van der Waals surface area (Å²) in [5, 5.41) is 10.5. The number of rotatable bonds is 4. The Hall–Kier alpha value is -1.81. The molecule has 1 saturated heterocycles. The molecule has 1 amide bonds. The topological polar surface area (TPSA) is 45.5 Å². The summed E-state index contributed by atoms with van der Waals surface area (Å²) in [6.45, 7) is 0.875. The van der Waals surface area contributed by atoms with E-state index < -0.39 is 0 Å². The van der Waals surface area contributed by atoms with Crippen molar-refractivity contribution in [2.24, 2.45) is 7.05 Å². The zero-order valence-corrected chi connectivity index (χ0v) is 12.5. The van der Waals surface area contributed by atoms with E-state index in [1.165, 1.54) is 16.5 Å². The lowest BCUT2D eigenvalue weighted by atomic mass is 10.1. The van der Waals surface area contributed by atoms with Crippen molar-refractivity contribution in [3.63, 3.8) is 0 Å². The van der Waals surface area contributed by atoms with Gasteiger partial charge in [0.15, 0.2) is 0 Å². The molecule has 1 aromatic heterocycles. The Bertz CT molecular complexity index is 647. The van der Waals surface area contributed by atoms with E-state index in [4.69, 9.17) is 0 Å². The minimum absolute atomic E-state index is 0.0324. The molecule has 112 valence electrons. The van der Waals surface area contributed by atoms with Crippen LogP contribution in [0.25, 0.3) is 10.9 Å². The first kappa shape index (κ1) is 14.1. The van der Waals surface area contributed by atoms with Crippen molar-refractivity contribution in [3.05, 3.63) is 36.0 Å². The average molecular weight is 286 g/mol. The van der Waals surface area contributed by atoms with Gasteiger partial charge in [-0.2, -0.15) is 0 Å². The Labute approximate surface area is 125 Å². The molecule has 1 aromatic carbocycles. The molecular formula is C17H22N2O2. The van der Waals surface area contributed by atoms with E-state index in [1.807, 2.05) is 24.1 Å². The van der Waals surface area contributed by atoms with Gasteiger partial charge in [0.05, 0.1) is 12.6 Å². The van der Waals surface area contributed by atoms with Crippen LogP contribution in [0.1, 0.15) is 24.8 Å². The number of hydrogen-bond donors (Lipinski definition) is 1. The molecule has 0 spiro atoms. The second kappa shape index (κ2) is 5.90. The number of likely N-dealkylation sites (tertiary alicyclic amines) is 1. The predicted octanol–water partition coefficient (Wildman–Crippen LogP) is 2.09. The fourth-order valence-electron chi connectivity index (χ4n) is 3.36. The van der Waals surface area contributed by atoms with Crippen LogP contribution in [0.5, 0.6) is 0 Å². The monoisotopic (exact) mass is 286 g/mol. The number of carbonyl (C=O) groups excluding carboxylic acids is 1. The third-order valence-corrected chi connectivity index (χ3v) is 4.50. The number of aliphatic hydroxyl groups excluding tert-OH is 1. The summed E-state index contributed by atoms with van der Waals surface area (Å²) >= 11 is 0. The highest BCUT2D eigenvalue weighted by Gasteiger charge is 2.27. The van der Waals surface area contributed by atoms with Gasteiger partial charge >= 0.3 is 0 Å². The summed E-state index contributed by atoms with van der Waals surface area (Å²) in [7, 11) is 2.04. The van der Waals surface area contributed by atoms with Gasteiger partial charge in [0, 0.05) is 37.1 Å². The van der Waals surface area contributed by atoms with Crippen LogP contribution < -0.4 is 0 Å². The third kappa shape index (κ3) is 2.68. The number of fused-ring (bicyclic) bond motifs is 1. The first-order valence-electron chi connectivity index (χ1n) is 7.64. The van der Waals surface area contributed by atoms with Crippen LogP contribution in [0, 0.1) is 0 Å². The molecule has 4 heteroatoms. The molecule has 0 saturated carbocycles. The van der Waals surface area contributed by atoms with Crippen molar-refractivity contribution in [3.8, 4) is 0 Å². The largest absolute Gasteiger partial charge is 0.394 e. The molecule has 21 heavy (non-hydrogen) atoms. The summed E-state index contributed by atoms with van der Waals surface area (Å²) in [5.41, 5.74) is 2.43. The standard InChI is InChI=1S/C17H22N2O2/c1-18-11-13(15-6-2-3-7-16(15)18)8-9-17(21)19-10-4-5-14(19)12-20/h2-3,6-7,11,14,20H,4-5,8-10,12H2,1H3/t14-/m1/s1. The molecule has 0 bridgehead atoms. The Balaban J connectivity index is 1.70. The number of hydrogen-bond acceptors (Lipinski definition) is 2. The van der Waals surface area contributed by atoms with Gasteiger partial charge in [-0.25, -0.2) is 0 Å². The molecule has 1 atom stereocenters. The zero-order chi connectivity index (χ0) is 14.8. The normalized spacial score (nSPS) is 18.6. The number of benzene rings is 1. The van der Waals surface area contributed by atoms with E-state index >= 15 is 0 Å². The molecular weight excluding hydrogens is 264 g/mol. The second-order valence-corrected chi connectivity index (χ2v) is 5.85. The number of aromatic nitrogens is 1. The molecule has 1 fully saturated rings. The quantitative estimate of drug-likeness (QED) is 0.935. The number of nitrogens with zero attached hydrogens (tertiary/aromatic N) is 2. The van der Waals surface area contributed by atoms with E-state index in [2.05, 4.69) is 22.9 Å². The van der Waals surface area contributed by atoms with E-state index in [0.717, 1.165) is 25.8 Å². The van der Waals surface area contributed by atoms with Gasteiger partial charge in [-0.05, 0) is 30.9 Å². The fraction of sp³-hybridized carbons (Fsp3) is 0.471. The van der Waals surface area contributed by atoms with Crippen LogP contribution in [0.4, 0.5) is 0 Å². The second-order valence-electron chi connectivity index (χ2n) is 5.85. The van der Waals surface area contributed by atoms with Crippen molar-refractivity contribution >= 4 is 16.8 Å². The number of para-hydroxylation sites is 1. The lowest BCUT2D eigenvalue weighted by Gasteiger charge is -2.22. The Morgan fingerprint density at radius 1 is 1.38 bits per heavy atom. The van der Waals surface area contributed by atoms with Crippen LogP contribution in [-0.2, 0) is 18.3 Å². The maximum absolute atomic E-state index is 12.3. The Morgan fingerprint density at radius 2 is 2.19 bits per heavy atom. The van der Waals surface area contributed by atoms with E-state index in [9.17, 15) is 9.90 Å². The Kier molecular flexibility index (Phi) is 3.97. The molecule has 4 nitrogen and oxygen atoms in total. The minimum atomic E-state index is 0.0324. The van der Waals surface area contributed by atoms with Crippen molar-refractivity contribution in [2.75, 3.05) is 13.2 Å². The molecule has 0 radical (unpaired) electrons. The molecule has 0 aliphatic carbocycles. The van der Waals surface area contributed by atoms with E-state index in [-0.39, 0.29) is 18.6 Å². The van der Waals surface area contributed by atoms with E-state index in [1.54, 1.807) is 0 Å². The maximum Gasteiger partial charge on any atom is 0.223 e. The van der Waals surface area contributed by atoms with Gasteiger partial charge in [-0.15, -0.1) is 0 Å². The zero-order valence-electron chi connectivity index (χ0n) is 12.5. The highest BCUT2D eigenvalue weighted by atomic mass is 16.3. The number of carbonyl (C=O) groups is 1. The van der Waals surface area contributed by atoms with Crippen LogP contribution in [0.3, 0.4) is 0 Å². The summed E-state index contributed by atoms with van der Waals surface area (Å²) in [4.78, 5) is 14.2. The predicted molar refractivity (Wildman–Crippen MR) is 83.1 cm³/mol. The van der Waals surface area contributed by atoms with Gasteiger partial charge in [-0.1, -0.05) is 18.2 Å². The van der Waals surface area contributed by atoms with Crippen LogP contribution in [0.15, 0.2) is 30.5 Å². The van der Waals surface area contributed by atoms with Gasteiger partial charge in [0.1, 0.15) is 0 Å². The Morgan fingerprint density at radius 3 is 3.00 bits per heavy atom. The minimum Gasteiger partial charge on any atom is -0.394 e. The smallest absolute Gasteiger partial charge is 0.223 e. The van der Waals surface area contributed by atoms with Gasteiger partial charge < -0.3 is 14.6 Å². The third-order valence-electron chi connectivity index (χ3n) is 4.50. The first-order chi connectivity index (χ1) is 10.2. The molecule has 0 unspecified atom stereocenters. The molecule has 1 N–H and O–H groups in total. The van der Waals surface area contributed by atoms with Crippen LogP contribution >= 0.6 is 0 Å². The first-order valence-corrected chi connectivity index (χ1v) is 7.64. The highest BCUT2D eigenvalue weighted by molar-refractivity contribution is 5.85. The van der Waals surface area contributed by atoms with Crippen LogP contribution in [0.2, 0.25) is 0 Å². The summed E-state index contributed by atoms with van der Waals surface area (Å²) in [6.07, 6.45) is 5.33. The van der Waals surface area contributed by atoms with Gasteiger partial charge in [-0.3, -0.25) is 4.79 Å². The van der Waals surface area contributed by atoms with Crippen molar-refractivity contribution in [1.82, 2.24) is 9.47 Å².